The maximum Gasteiger partial charge on any atom is 0.242 e. The molecule has 22 heavy (non-hydrogen) atoms. The summed E-state index contributed by atoms with van der Waals surface area (Å²) in [7, 11) is 0. The zero-order chi connectivity index (χ0) is 16.1. The molecule has 2 rings (SSSR count). The van der Waals surface area contributed by atoms with Crippen molar-refractivity contribution in [2.45, 2.75) is 13.8 Å². The van der Waals surface area contributed by atoms with Crippen LogP contribution in [0.1, 0.15) is 12.5 Å². The molecule has 1 saturated heterocycles. The Morgan fingerprint density at radius 2 is 1.73 bits per heavy atom. The summed E-state index contributed by atoms with van der Waals surface area (Å²) in [6, 6.07) is 7.51. The third kappa shape index (κ3) is 3.84. The fourth-order valence-corrected chi connectivity index (χ4v) is 2.42. The highest BCUT2D eigenvalue weighted by Crippen LogP contribution is 2.16. The van der Waals surface area contributed by atoms with E-state index < -0.39 is 0 Å². The number of hydrogen-bond acceptors (Lipinski definition) is 3. The fourth-order valence-electron chi connectivity index (χ4n) is 2.42. The summed E-state index contributed by atoms with van der Waals surface area (Å²) >= 11 is 0. The number of anilines is 1. The van der Waals surface area contributed by atoms with E-state index in [0.29, 0.717) is 26.2 Å². The first-order valence-corrected chi connectivity index (χ1v) is 7.33. The maximum atomic E-state index is 12.4. The lowest BCUT2D eigenvalue weighted by molar-refractivity contribution is -0.134. The summed E-state index contributed by atoms with van der Waals surface area (Å²) in [6.45, 7) is 5.56. The quantitative estimate of drug-likeness (QED) is 0.767. The molecule has 6 heteroatoms. The van der Waals surface area contributed by atoms with Gasteiger partial charge in [0.25, 0.3) is 0 Å². The van der Waals surface area contributed by atoms with Crippen LogP contribution in [0.2, 0.25) is 0 Å². The SMILES string of the molecule is CC(=O)N(CC(=O)N1CCN(C=O)CC1)c1ccc(C)cc1. The second-order valence-corrected chi connectivity index (χ2v) is 5.46. The minimum absolute atomic E-state index is 0.0273. The Labute approximate surface area is 130 Å². The Hall–Kier alpha value is -2.37. The molecule has 1 fully saturated rings. The third-order valence-electron chi connectivity index (χ3n) is 3.84. The van der Waals surface area contributed by atoms with Crippen LogP contribution in [-0.2, 0) is 14.4 Å². The van der Waals surface area contributed by atoms with Crippen LogP contribution in [-0.4, -0.2) is 60.7 Å². The molecule has 1 aliphatic heterocycles. The highest BCUT2D eigenvalue weighted by molar-refractivity contribution is 5.97. The van der Waals surface area contributed by atoms with Gasteiger partial charge in [0.1, 0.15) is 6.54 Å². The summed E-state index contributed by atoms with van der Waals surface area (Å²) in [5.41, 5.74) is 1.82. The lowest BCUT2D eigenvalue weighted by Gasteiger charge is -2.34. The molecule has 1 aliphatic rings. The topological polar surface area (TPSA) is 60.9 Å². The Kier molecular flexibility index (Phi) is 5.14. The van der Waals surface area contributed by atoms with E-state index in [1.807, 2.05) is 31.2 Å². The van der Waals surface area contributed by atoms with Crippen molar-refractivity contribution < 1.29 is 14.4 Å². The summed E-state index contributed by atoms with van der Waals surface area (Å²) in [5.74, 6) is -0.259. The van der Waals surface area contributed by atoms with Gasteiger partial charge in [0, 0.05) is 38.8 Å². The third-order valence-corrected chi connectivity index (χ3v) is 3.84. The van der Waals surface area contributed by atoms with E-state index >= 15 is 0 Å². The highest BCUT2D eigenvalue weighted by Gasteiger charge is 2.23. The average molecular weight is 303 g/mol. The molecule has 1 aromatic rings. The van der Waals surface area contributed by atoms with E-state index in [2.05, 4.69) is 0 Å². The predicted molar refractivity (Wildman–Crippen MR) is 83.4 cm³/mol. The molecule has 3 amide bonds. The molecule has 0 bridgehead atoms. The Morgan fingerprint density at radius 3 is 2.23 bits per heavy atom. The predicted octanol–water partition coefficient (Wildman–Crippen LogP) is 0.649. The number of carbonyl (C=O) groups excluding carboxylic acids is 3. The van der Waals surface area contributed by atoms with Gasteiger partial charge in [0.15, 0.2) is 0 Å². The minimum Gasteiger partial charge on any atom is -0.342 e. The number of aryl methyl sites for hydroxylation is 1. The molecule has 0 spiro atoms. The molecule has 0 unspecified atom stereocenters. The van der Waals surface area contributed by atoms with E-state index in [9.17, 15) is 14.4 Å². The first-order valence-electron chi connectivity index (χ1n) is 7.33. The van der Waals surface area contributed by atoms with Gasteiger partial charge < -0.3 is 14.7 Å². The molecule has 0 saturated carbocycles. The summed E-state index contributed by atoms with van der Waals surface area (Å²) in [4.78, 5) is 39.7. The lowest BCUT2D eigenvalue weighted by Crippen LogP contribution is -2.51. The monoisotopic (exact) mass is 303 g/mol. The minimum atomic E-state index is -0.163. The number of piperazine rings is 1. The van der Waals surface area contributed by atoms with Crippen LogP contribution in [0.15, 0.2) is 24.3 Å². The van der Waals surface area contributed by atoms with Crippen molar-refractivity contribution in [3.05, 3.63) is 29.8 Å². The standard InChI is InChI=1S/C16H21N3O3/c1-13-3-5-15(6-4-13)19(14(2)21)11-16(22)18-9-7-17(12-20)8-10-18/h3-6,12H,7-11H2,1-2H3. The van der Waals surface area contributed by atoms with Crippen LogP contribution in [0.3, 0.4) is 0 Å². The number of amides is 3. The van der Waals surface area contributed by atoms with Gasteiger partial charge in [0.2, 0.25) is 18.2 Å². The van der Waals surface area contributed by atoms with Crippen LogP contribution in [0.4, 0.5) is 5.69 Å². The number of rotatable bonds is 4. The largest absolute Gasteiger partial charge is 0.342 e. The Morgan fingerprint density at radius 1 is 1.14 bits per heavy atom. The second kappa shape index (κ2) is 7.06. The Balaban J connectivity index is 2.02. The molecule has 118 valence electrons. The molecule has 0 aliphatic carbocycles. The van der Waals surface area contributed by atoms with Crippen LogP contribution in [0, 0.1) is 6.92 Å². The van der Waals surface area contributed by atoms with Crippen molar-refractivity contribution >= 4 is 23.9 Å². The zero-order valence-electron chi connectivity index (χ0n) is 13.0. The molecular formula is C16H21N3O3. The van der Waals surface area contributed by atoms with Gasteiger partial charge in [-0.15, -0.1) is 0 Å². The number of hydrogen-bond donors (Lipinski definition) is 0. The van der Waals surface area contributed by atoms with Gasteiger partial charge in [-0.1, -0.05) is 17.7 Å². The van der Waals surface area contributed by atoms with Gasteiger partial charge in [-0.3, -0.25) is 14.4 Å². The second-order valence-electron chi connectivity index (χ2n) is 5.46. The van der Waals surface area contributed by atoms with Crippen molar-refractivity contribution in [3.8, 4) is 0 Å². The molecule has 6 nitrogen and oxygen atoms in total. The molecule has 0 radical (unpaired) electrons. The molecule has 0 aromatic heterocycles. The van der Waals surface area contributed by atoms with E-state index in [1.165, 1.54) is 11.8 Å². The summed E-state index contributed by atoms with van der Waals surface area (Å²) in [5, 5.41) is 0. The van der Waals surface area contributed by atoms with Crippen molar-refractivity contribution in [2.24, 2.45) is 0 Å². The number of carbonyl (C=O) groups is 3. The molecular weight excluding hydrogens is 282 g/mol. The van der Waals surface area contributed by atoms with Crippen LogP contribution in [0.25, 0.3) is 0 Å². The smallest absolute Gasteiger partial charge is 0.242 e. The van der Waals surface area contributed by atoms with E-state index in [1.54, 1.807) is 9.80 Å². The van der Waals surface area contributed by atoms with Gasteiger partial charge in [-0.05, 0) is 19.1 Å². The van der Waals surface area contributed by atoms with E-state index in [0.717, 1.165) is 17.7 Å². The normalized spacial score (nSPS) is 14.6. The fraction of sp³-hybridized carbons (Fsp3) is 0.438. The van der Waals surface area contributed by atoms with Crippen molar-refractivity contribution in [3.63, 3.8) is 0 Å². The van der Waals surface area contributed by atoms with Crippen molar-refractivity contribution in [1.29, 1.82) is 0 Å². The van der Waals surface area contributed by atoms with Crippen molar-refractivity contribution in [2.75, 3.05) is 37.6 Å². The Bertz CT molecular complexity index is 548. The highest BCUT2D eigenvalue weighted by atomic mass is 16.2. The summed E-state index contributed by atoms with van der Waals surface area (Å²) < 4.78 is 0. The first-order chi connectivity index (χ1) is 10.5. The zero-order valence-corrected chi connectivity index (χ0v) is 13.0. The molecule has 1 aromatic carbocycles. The van der Waals surface area contributed by atoms with E-state index in [-0.39, 0.29) is 18.4 Å². The number of nitrogens with zero attached hydrogens (tertiary/aromatic N) is 3. The molecule has 1 heterocycles. The average Bonchev–Trinajstić information content (AvgIpc) is 2.53. The van der Waals surface area contributed by atoms with Crippen molar-refractivity contribution in [1.82, 2.24) is 9.80 Å². The van der Waals surface area contributed by atoms with Gasteiger partial charge in [0.05, 0.1) is 0 Å². The lowest BCUT2D eigenvalue weighted by atomic mass is 10.2. The van der Waals surface area contributed by atoms with Crippen LogP contribution in [0.5, 0.6) is 0 Å². The first kappa shape index (κ1) is 16.0. The van der Waals surface area contributed by atoms with Gasteiger partial charge in [-0.2, -0.15) is 0 Å². The van der Waals surface area contributed by atoms with Gasteiger partial charge in [-0.25, -0.2) is 0 Å². The number of benzene rings is 1. The van der Waals surface area contributed by atoms with E-state index in [4.69, 9.17) is 0 Å². The maximum absolute atomic E-state index is 12.4. The molecule has 0 N–H and O–H groups in total. The molecule has 0 atom stereocenters. The van der Waals surface area contributed by atoms with Crippen LogP contribution >= 0.6 is 0 Å². The van der Waals surface area contributed by atoms with Gasteiger partial charge >= 0.3 is 0 Å². The van der Waals surface area contributed by atoms with Crippen LogP contribution < -0.4 is 4.90 Å². The summed E-state index contributed by atoms with van der Waals surface area (Å²) in [6.07, 6.45) is 0.802.